The monoisotopic (exact) mass is 216 g/mol. The van der Waals surface area contributed by atoms with Gasteiger partial charge in [-0.05, 0) is 0 Å². The van der Waals surface area contributed by atoms with Gasteiger partial charge in [0.25, 0.3) is 5.91 Å². The lowest BCUT2D eigenvalue weighted by Gasteiger charge is -2.33. The number of rotatable bonds is 2. The van der Waals surface area contributed by atoms with E-state index in [1.807, 2.05) is 0 Å². The first-order chi connectivity index (χ1) is 6.89. The molecule has 15 heavy (non-hydrogen) atoms. The molecule has 1 aromatic heterocycles. The van der Waals surface area contributed by atoms with Gasteiger partial charge in [0, 0.05) is 25.8 Å². The molecule has 2 N–H and O–H groups in total. The second-order valence-electron chi connectivity index (χ2n) is 3.75. The van der Waals surface area contributed by atoms with Crippen molar-refractivity contribution in [3.63, 3.8) is 0 Å². The van der Waals surface area contributed by atoms with Gasteiger partial charge in [-0.15, -0.1) is 5.10 Å². The molecule has 5 nitrogen and oxygen atoms in total. The summed E-state index contributed by atoms with van der Waals surface area (Å²) in [6, 6.07) is 0. The number of alkyl halides is 2. The van der Waals surface area contributed by atoms with E-state index in [0.29, 0.717) is 0 Å². The number of hydrogen-bond acceptors (Lipinski definition) is 3. The molecule has 1 aliphatic rings. The van der Waals surface area contributed by atoms with Gasteiger partial charge in [0.15, 0.2) is 5.69 Å². The Labute approximate surface area is 84.2 Å². The number of halogens is 2. The molecule has 1 fully saturated rings. The summed E-state index contributed by atoms with van der Waals surface area (Å²) < 4.78 is 25.3. The van der Waals surface area contributed by atoms with Crippen LogP contribution in [0.2, 0.25) is 0 Å². The molecule has 1 aromatic rings. The Morgan fingerprint density at radius 1 is 1.53 bits per heavy atom. The third kappa shape index (κ3) is 1.69. The first-order valence-corrected chi connectivity index (χ1v) is 4.48. The van der Waals surface area contributed by atoms with Gasteiger partial charge in [-0.1, -0.05) is 0 Å². The fourth-order valence-corrected chi connectivity index (χ4v) is 1.73. The van der Waals surface area contributed by atoms with E-state index in [0.717, 1.165) is 0 Å². The number of nitrogens with two attached hydrogens (primary N) is 1. The van der Waals surface area contributed by atoms with Crippen molar-refractivity contribution in [2.75, 3.05) is 0 Å². The molecule has 0 saturated heterocycles. The minimum Gasteiger partial charge on any atom is -0.364 e. The predicted molar refractivity (Wildman–Crippen MR) is 46.4 cm³/mol. The zero-order valence-corrected chi connectivity index (χ0v) is 8.07. The number of aryl methyl sites for hydroxylation is 1. The molecule has 0 aliphatic heterocycles. The average Bonchev–Trinajstić information content (AvgIpc) is 2.42. The van der Waals surface area contributed by atoms with Gasteiger partial charge < -0.3 is 5.73 Å². The summed E-state index contributed by atoms with van der Waals surface area (Å²) in [6.07, 6.45) is -0.571. The van der Waals surface area contributed by atoms with Crippen molar-refractivity contribution in [1.29, 1.82) is 0 Å². The van der Waals surface area contributed by atoms with Gasteiger partial charge in [0.05, 0.1) is 5.69 Å². The third-order valence-corrected chi connectivity index (χ3v) is 2.45. The van der Waals surface area contributed by atoms with E-state index >= 15 is 0 Å². The zero-order chi connectivity index (χ0) is 11.2. The standard InChI is InChI=1S/C8H10F2N4O/c1-14-12-5(6(13-14)7(11)15)4-2-8(9,10)3-4/h4H,2-3H2,1H3,(H2,11,15). The molecule has 82 valence electrons. The van der Waals surface area contributed by atoms with Crippen LogP contribution in [0.5, 0.6) is 0 Å². The fourth-order valence-electron chi connectivity index (χ4n) is 1.73. The van der Waals surface area contributed by atoms with Crippen LogP contribution in [0.1, 0.15) is 34.9 Å². The molecule has 1 aliphatic carbocycles. The molecule has 0 radical (unpaired) electrons. The van der Waals surface area contributed by atoms with Gasteiger partial charge >= 0.3 is 0 Å². The lowest BCUT2D eigenvalue weighted by atomic mass is 9.78. The summed E-state index contributed by atoms with van der Waals surface area (Å²) >= 11 is 0. The maximum absolute atomic E-state index is 12.6. The Balaban J connectivity index is 2.26. The highest BCUT2D eigenvalue weighted by Gasteiger charge is 2.48. The molecule has 0 unspecified atom stereocenters. The van der Waals surface area contributed by atoms with Gasteiger partial charge in [-0.2, -0.15) is 9.90 Å². The summed E-state index contributed by atoms with van der Waals surface area (Å²) in [5.41, 5.74) is 5.36. The molecule has 0 atom stereocenters. The zero-order valence-electron chi connectivity index (χ0n) is 8.07. The minimum absolute atomic E-state index is 0.00185. The van der Waals surface area contributed by atoms with Crippen molar-refractivity contribution in [2.24, 2.45) is 12.8 Å². The van der Waals surface area contributed by atoms with Crippen LogP contribution in [0.15, 0.2) is 0 Å². The van der Waals surface area contributed by atoms with E-state index in [1.54, 1.807) is 0 Å². The van der Waals surface area contributed by atoms with Crippen LogP contribution in [-0.2, 0) is 7.05 Å². The van der Waals surface area contributed by atoms with Crippen LogP contribution in [0.25, 0.3) is 0 Å². The first kappa shape index (κ1) is 10.0. The topological polar surface area (TPSA) is 73.8 Å². The number of aromatic nitrogens is 3. The Hall–Kier alpha value is -1.53. The molecule has 7 heteroatoms. The first-order valence-electron chi connectivity index (χ1n) is 4.48. The summed E-state index contributed by atoms with van der Waals surface area (Å²) in [6.45, 7) is 0. The van der Waals surface area contributed by atoms with E-state index in [4.69, 9.17) is 5.73 Å². The highest BCUT2D eigenvalue weighted by atomic mass is 19.3. The second kappa shape index (κ2) is 2.98. The highest BCUT2D eigenvalue weighted by Crippen LogP contribution is 2.48. The number of amides is 1. The van der Waals surface area contributed by atoms with Crippen LogP contribution >= 0.6 is 0 Å². The fraction of sp³-hybridized carbons (Fsp3) is 0.625. The molecule has 1 saturated carbocycles. The normalized spacial score (nSPS) is 19.9. The smallest absolute Gasteiger partial charge is 0.271 e. The lowest BCUT2D eigenvalue weighted by Crippen LogP contribution is -2.35. The van der Waals surface area contributed by atoms with Gasteiger partial charge in [-0.25, -0.2) is 8.78 Å². The Bertz CT molecular complexity index is 407. The van der Waals surface area contributed by atoms with E-state index in [1.165, 1.54) is 11.8 Å². The van der Waals surface area contributed by atoms with Crippen molar-refractivity contribution >= 4 is 5.91 Å². The van der Waals surface area contributed by atoms with Crippen LogP contribution < -0.4 is 5.73 Å². The Morgan fingerprint density at radius 2 is 2.13 bits per heavy atom. The third-order valence-electron chi connectivity index (χ3n) is 2.45. The maximum atomic E-state index is 12.6. The molecule has 0 bridgehead atoms. The van der Waals surface area contributed by atoms with Crippen molar-refractivity contribution in [3.8, 4) is 0 Å². The average molecular weight is 216 g/mol. The summed E-state index contributed by atoms with van der Waals surface area (Å²) in [5, 5.41) is 7.64. The van der Waals surface area contributed by atoms with Crippen LogP contribution in [0, 0.1) is 0 Å². The molecular weight excluding hydrogens is 206 g/mol. The van der Waals surface area contributed by atoms with E-state index in [2.05, 4.69) is 10.2 Å². The molecule has 2 rings (SSSR count). The number of carbonyl (C=O) groups excluding carboxylic acids is 1. The highest BCUT2D eigenvalue weighted by molar-refractivity contribution is 5.91. The quantitative estimate of drug-likeness (QED) is 0.778. The lowest BCUT2D eigenvalue weighted by molar-refractivity contribution is -0.0877. The largest absolute Gasteiger partial charge is 0.364 e. The summed E-state index contributed by atoms with van der Waals surface area (Å²) in [7, 11) is 1.52. The predicted octanol–water partition coefficient (Wildman–Crippen LogP) is 0.427. The molecule has 0 spiro atoms. The van der Waals surface area contributed by atoms with Gasteiger partial charge in [0.1, 0.15) is 0 Å². The van der Waals surface area contributed by atoms with E-state index in [-0.39, 0.29) is 24.2 Å². The van der Waals surface area contributed by atoms with Gasteiger partial charge in [-0.3, -0.25) is 4.79 Å². The van der Waals surface area contributed by atoms with E-state index in [9.17, 15) is 13.6 Å². The molecule has 1 heterocycles. The van der Waals surface area contributed by atoms with Crippen LogP contribution in [-0.4, -0.2) is 26.8 Å². The van der Waals surface area contributed by atoms with E-state index < -0.39 is 17.7 Å². The number of nitrogens with zero attached hydrogens (tertiary/aromatic N) is 3. The number of primary amides is 1. The number of carbonyl (C=O) groups is 1. The maximum Gasteiger partial charge on any atom is 0.271 e. The molecule has 0 aromatic carbocycles. The summed E-state index contributed by atoms with van der Waals surface area (Å²) in [4.78, 5) is 12.1. The van der Waals surface area contributed by atoms with Crippen LogP contribution in [0.4, 0.5) is 8.78 Å². The Morgan fingerprint density at radius 3 is 2.60 bits per heavy atom. The molecular formula is C8H10F2N4O. The SMILES string of the molecule is Cn1nc(C(N)=O)c(C2CC(F)(F)C2)n1. The summed E-state index contributed by atoms with van der Waals surface area (Å²) in [5.74, 6) is -3.78. The van der Waals surface area contributed by atoms with Crippen molar-refractivity contribution in [1.82, 2.24) is 15.0 Å². The van der Waals surface area contributed by atoms with Crippen molar-refractivity contribution in [2.45, 2.75) is 24.7 Å². The van der Waals surface area contributed by atoms with Crippen molar-refractivity contribution < 1.29 is 13.6 Å². The van der Waals surface area contributed by atoms with Crippen LogP contribution in [0.3, 0.4) is 0 Å². The van der Waals surface area contributed by atoms with Gasteiger partial charge in [0.2, 0.25) is 5.92 Å². The minimum atomic E-state index is -2.64. The van der Waals surface area contributed by atoms with Crippen molar-refractivity contribution in [3.05, 3.63) is 11.4 Å². The number of hydrogen-bond donors (Lipinski definition) is 1. The second-order valence-corrected chi connectivity index (χ2v) is 3.75. The molecule has 1 amide bonds. The Kier molecular flexibility index (Phi) is 1.99.